The highest BCUT2D eigenvalue weighted by atomic mass is 16.2. The summed E-state index contributed by atoms with van der Waals surface area (Å²) < 4.78 is 0. The number of H-pyrrole nitrogens is 1. The van der Waals surface area contributed by atoms with Crippen LogP contribution in [0.25, 0.3) is 11.2 Å². The highest BCUT2D eigenvalue weighted by molar-refractivity contribution is 5.99. The summed E-state index contributed by atoms with van der Waals surface area (Å²) in [5.41, 5.74) is 2.67. The van der Waals surface area contributed by atoms with Gasteiger partial charge in [-0.2, -0.15) is 0 Å². The lowest BCUT2D eigenvalue weighted by atomic mass is 10.0. The van der Waals surface area contributed by atoms with Gasteiger partial charge in [-0.15, -0.1) is 0 Å². The minimum Gasteiger partial charge on any atom is -0.356 e. The fourth-order valence-corrected chi connectivity index (χ4v) is 3.03. The number of para-hydroxylation sites is 1. The van der Waals surface area contributed by atoms with Crippen LogP contribution in [0.15, 0.2) is 61.3 Å². The number of pyridine rings is 1. The maximum Gasteiger partial charge on any atom is 0.247 e. The van der Waals surface area contributed by atoms with Crippen LogP contribution < -0.4 is 16.0 Å². The van der Waals surface area contributed by atoms with Gasteiger partial charge in [0.25, 0.3) is 0 Å². The van der Waals surface area contributed by atoms with Gasteiger partial charge in [-0.3, -0.25) is 4.79 Å². The molecular formula is C21H22N8O. The molecule has 152 valence electrons. The maximum absolute atomic E-state index is 13.1. The third-order valence-corrected chi connectivity index (χ3v) is 4.57. The third kappa shape index (κ3) is 4.19. The molecule has 1 aromatic carbocycles. The van der Waals surface area contributed by atoms with Crippen molar-refractivity contribution < 1.29 is 4.79 Å². The predicted molar refractivity (Wildman–Crippen MR) is 117 cm³/mol. The van der Waals surface area contributed by atoms with Crippen molar-refractivity contribution in [1.29, 1.82) is 0 Å². The molecule has 3 heterocycles. The number of rotatable bonds is 7. The summed E-state index contributed by atoms with van der Waals surface area (Å²) in [6.07, 6.45) is 4.64. The van der Waals surface area contributed by atoms with Crippen LogP contribution >= 0.6 is 0 Å². The van der Waals surface area contributed by atoms with E-state index in [1.54, 1.807) is 18.6 Å². The smallest absolute Gasteiger partial charge is 0.247 e. The largest absolute Gasteiger partial charge is 0.356 e. The van der Waals surface area contributed by atoms with Crippen molar-refractivity contribution in [2.75, 3.05) is 16.0 Å². The normalized spacial score (nSPS) is 12.0. The molecule has 0 bridgehead atoms. The van der Waals surface area contributed by atoms with Crippen LogP contribution in [0, 0.1) is 5.92 Å². The van der Waals surface area contributed by atoms with Crippen molar-refractivity contribution in [3.63, 3.8) is 0 Å². The van der Waals surface area contributed by atoms with E-state index in [2.05, 4.69) is 40.9 Å². The summed E-state index contributed by atoms with van der Waals surface area (Å²) in [7, 11) is 0. The second-order valence-electron chi connectivity index (χ2n) is 7.07. The number of nitrogens with one attached hydrogen (secondary N) is 4. The van der Waals surface area contributed by atoms with E-state index in [4.69, 9.17) is 0 Å². The minimum atomic E-state index is -0.531. The number of carbonyl (C=O) groups is 1. The lowest BCUT2D eigenvalue weighted by Crippen LogP contribution is -2.39. The average Bonchev–Trinajstić information content (AvgIpc) is 3.23. The number of nitrogens with zero attached hydrogens (tertiary/aromatic N) is 4. The quantitative estimate of drug-likeness (QED) is 0.373. The van der Waals surface area contributed by atoms with E-state index < -0.39 is 6.04 Å². The number of imidazole rings is 1. The molecule has 1 atom stereocenters. The minimum absolute atomic E-state index is 0.000130. The van der Waals surface area contributed by atoms with Crippen LogP contribution in [-0.4, -0.2) is 36.9 Å². The average molecular weight is 402 g/mol. The van der Waals surface area contributed by atoms with Gasteiger partial charge >= 0.3 is 0 Å². The Morgan fingerprint density at radius 2 is 1.80 bits per heavy atom. The van der Waals surface area contributed by atoms with E-state index in [-0.39, 0.29) is 11.8 Å². The molecule has 0 aliphatic carbocycles. The number of amides is 1. The van der Waals surface area contributed by atoms with Crippen molar-refractivity contribution in [3.05, 3.63) is 61.3 Å². The molecule has 3 aromatic heterocycles. The van der Waals surface area contributed by atoms with E-state index in [9.17, 15) is 4.79 Å². The molecule has 0 unspecified atom stereocenters. The summed E-state index contributed by atoms with van der Waals surface area (Å²) >= 11 is 0. The van der Waals surface area contributed by atoms with E-state index in [1.165, 1.54) is 6.33 Å². The van der Waals surface area contributed by atoms with Gasteiger partial charge < -0.3 is 20.9 Å². The number of anilines is 4. The summed E-state index contributed by atoms with van der Waals surface area (Å²) in [4.78, 5) is 33.0. The van der Waals surface area contributed by atoms with E-state index in [1.807, 2.05) is 50.2 Å². The second-order valence-corrected chi connectivity index (χ2v) is 7.07. The molecule has 4 N–H and O–H groups in total. The van der Waals surface area contributed by atoms with Crippen LogP contribution in [0.1, 0.15) is 13.8 Å². The standard InChI is InChI=1S/C21H22N8O/c1-13(2)16(29-20-17-19(24-11-23-17)25-12-26-20)21(30)28-15-9-6-10-22-18(15)27-14-7-4-3-5-8-14/h3-13,16H,1-2H3,(H,22,27)(H,28,30)(H2,23,24,25,26,29)/t16-/m0/s1. The van der Waals surface area contributed by atoms with Crippen molar-refractivity contribution in [1.82, 2.24) is 24.9 Å². The van der Waals surface area contributed by atoms with Crippen molar-refractivity contribution in [3.8, 4) is 0 Å². The van der Waals surface area contributed by atoms with E-state index >= 15 is 0 Å². The van der Waals surface area contributed by atoms with Gasteiger partial charge in [-0.25, -0.2) is 19.9 Å². The van der Waals surface area contributed by atoms with Crippen LogP contribution in [0.4, 0.5) is 23.0 Å². The Morgan fingerprint density at radius 3 is 2.60 bits per heavy atom. The van der Waals surface area contributed by atoms with Gasteiger partial charge in [0.1, 0.15) is 17.9 Å². The number of fused-ring (bicyclic) bond motifs is 1. The summed E-state index contributed by atoms with van der Waals surface area (Å²) in [6, 6.07) is 12.7. The lowest BCUT2D eigenvalue weighted by Gasteiger charge is -2.23. The Kier molecular flexibility index (Phi) is 5.51. The SMILES string of the molecule is CC(C)[C@H](Nc1ncnc2nc[nH]c12)C(=O)Nc1cccnc1Nc1ccccc1. The molecule has 0 saturated carbocycles. The van der Waals surface area contributed by atoms with Crippen molar-refractivity contribution >= 4 is 40.1 Å². The molecule has 0 radical (unpaired) electrons. The fraction of sp³-hybridized carbons (Fsp3) is 0.190. The first kappa shape index (κ1) is 19.3. The first-order valence-electron chi connectivity index (χ1n) is 9.60. The highest BCUT2D eigenvalue weighted by Crippen LogP contribution is 2.24. The molecule has 9 nitrogen and oxygen atoms in total. The van der Waals surface area contributed by atoms with Gasteiger partial charge in [0.05, 0.1) is 12.0 Å². The zero-order valence-corrected chi connectivity index (χ0v) is 16.6. The first-order valence-corrected chi connectivity index (χ1v) is 9.60. The molecule has 4 rings (SSSR count). The molecule has 0 saturated heterocycles. The third-order valence-electron chi connectivity index (χ3n) is 4.57. The molecule has 30 heavy (non-hydrogen) atoms. The summed E-state index contributed by atoms with van der Waals surface area (Å²) in [5, 5.41) is 9.44. The topological polar surface area (TPSA) is 121 Å². The molecule has 4 aromatic rings. The number of aromatic amines is 1. The van der Waals surface area contributed by atoms with Gasteiger partial charge in [0, 0.05) is 11.9 Å². The van der Waals surface area contributed by atoms with Gasteiger partial charge in [-0.1, -0.05) is 32.0 Å². The summed E-state index contributed by atoms with van der Waals surface area (Å²) in [5.74, 6) is 0.901. The molecule has 0 aliphatic rings. The molecule has 9 heteroatoms. The lowest BCUT2D eigenvalue weighted by molar-refractivity contribution is -0.117. The van der Waals surface area contributed by atoms with Gasteiger partial charge in [0.15, 0.2) is 17.3 Å². The van der Waals surface area contributed by atoms with Crippen LogP contribution in [0.2, 0.25) is 0 Å². The Balaban J connectivity index is 1.55. The number of hydrogen-bond donors (Lipinski definition) is 4. The number of carbonyl (C=O) groups excluding carboxylic acids is 1. The predicted octanol–water partition coefficient (Wildman–Crippen LogP) is 3.57. The monoisotopic (exact) mass is 402 g/mol. The highest BCUT2D eigenvalue weighted by Gasteiger charge is 2.24. The van der Waals surface area contributed by atoms with E-state index in [0.29, 0.717) is 28.5 Å². The molecule has 0 fully saturated rings. The fourth-order valence-electron chi connectivity index (χ4n) is 3.03. The maximum atomic E-state index is 13.1. The van der Waals surface area contributed by atoms with Gasteiger partial charge in [-0.05, 0) is 30.2 Å². The summed E-state index contributed by atoms with van der Waals surface area (Å²) in [6.45, 7) is 3.93. The van der Waals surface area contributed by atoms with Crippen molar-refractivity contribution in [2.45, 2.75) is 19.9 Å². The zero-order chi connectivity index (χ0) is 20.9. The Bertz CT molecular complexity index is 1140. The molecule has 1 amide bonds. The Hall–Kier alpha value is -4.01. The molecule has 0 aliphatic heterocycles. The van der Waals surface area contributed by atoms with Crippen LogP contribution in [0.3, 0.4) is 0 Å². The number of benzene rings is 1. The second kappa shape index (κ2) is 8.56. The first-order chi connectivity index (χ1) is 14.6. The van der Waals surface area contributed by atoms with Crippen LogP contribution in [-0.2, 0) is 4.79 Å². The van der Waals surface area contributed by atoms with Gasteiger partial charge in [0.2, 0.25) is 5.91 Å². The number of hydrogen-bond acceptors (Lipinski definition) is 7. The molecule has 0 spiro atoms. The van der Waals surface area contributed by atoms with Crippen LogP contribution in [0.5, 0.6) is 0 Å². The zero-order valence-electron chi connectivity index (χ0n) is 16.6. The Morgan fingerprint density at radius 1 is 0.967 bits per heavy atom. The molecular weight excluding hydrogens is 380 g/mol. The Labute approximate surface area is 173 Å². The van der Waals surface area contributed by atoms with Crippen molar-refractivity contribution in [2.24, 2.45) is 5.92 Å². The number of aromatic nitrogens is 5. The van der Waals surface area contributed by atoms with E-state index in [0.717, 1.165) is 5.69 Å².